The van der Waals surface area contributed by atoms with Gasteiger partial charge in [-0.1, -0.05) is 294 Å². The summed E-state index contributed by atoms with van der Waals surface area (Å²) in [7, 11) is 0. The van der Waals surface area contributed by atoms with Gasteiger partial charge in [-0.3, -0.25) is 9.59 Å². The number of amides is 1. The van der Waals surface area contributed by atoms with Crippen molar-refractivity contribution in [3.63, 3.8) is 0 Å². The minimum absolute atomic E-state index is 0.00528. The molecule has 6 nitrogen and oxygen atoms in total. The van der Waals surface area contributed by atoms with E-state index in [9.17, 15) is 19.8 Å². The van der Waals surface area contributed by atoms with Gasteiger partial charge in [-0.25, -0.2) is 0 Å². The van der Waals surface area contributed by atoms with Gasteiger partial charge in [0.05, 0.1) is 25.4 Å². The van der Waals surface area contributed by atoms with Crippen LogP contribution in [0.15, 0.2) is 36.5 Å². The molecule has 0 aromatic carbocycles. The Balaban J connectivity index is 3.37. The second-order valence-corrected chi connectivity index (χ2v) is 22.4. The third-order valence-corrected chi connectivity index (χ3v) is 15.2. The molecule has 430 valence electrons. The number of aliphatic hydroxyl groups excluding tert-OH is 2. The number of allylic oxidation sites excluding steroid dienone is 6. The van der Waals surface area contributed by atoms with Crippen molar-refractivity contribution in [2.24, 2.45) is 0 Å². The summed E-state index contributed by atoms with van der Waals surface area (Å²) in [6.07, 6.45) is 79.0. The van der Waals surface area contributed by atoms with Crippen molar-refractivity contribution in [3.8, 4) is 0 Å². The predicted octanol–water partition coefficient (Wildman–Crippen LogP) is 20.8. The Labute approximate surface area is 455 Å². The van der Waals surface area contributed by atoms with E-state index in [1.807, 2.05) is 0 Å². The fraction of sp³-hybridized carbons (Fsp3) is 0.881. The van der Waals surface area contributed by atoms with Gasteiger partial charge in [-0.05, 0) is 83.5 Å². The molecule has 0 saturated heterocycles. The number of nitrogens with one attached hydrogen (secondary N) is 1. The fourth-order valence-corrected chi connectivity index (χ4v) is 10.1. The predicted molar refractivity (Wildman–Crippen MR) is 319 cm³/mol. The molecular weight excluding hydrogens is 899 g/mol. The van der Waals surface area contributed by atoms with Crippen LogP contribution in [0.2, 0.25) is 0 Å². The highest BCUT2D eigenvalue weighted by Gasteiger charge is 2.20. The molecule has 6 heteroatoms. The van der Waals surface area contributed by atoms with Crippen LogP contribution in [0, 0.1) is 0 Å². The summed E-state index contributed by atoms with van der Waals surface area (Å²) in [5.41, 5.74) is 0. The van der Waals surface area contributed by atoms with Gasteiger partial charge >= 0.3 is 5.97 Å². The number of carbonyl (C=O) groups excluding carboxylic acids is 2. The summed E-state index contributed by atoms with van der Waals surface area (Å²) in [6.45, 7) is 4.94. The first-order chi connectivity index (χ1) is 36.0. The molecule has 0 aromatic heterocycles. The Morgan fingerprint density at radius 3 is 1.05 bits per heavy atom. The van der Waals surface area contributed by atoms with Crippen molar-refractivity contribution in [3.05, 3.63) is 36.5 Å². The third kappa shape index (κ3) is 59.2. The second kappa shape index (κ2) is 62.6. The van der Waals surface area contributed by atoms with Crippen LogP contribution in [0.5, 0.6) is 0 Å². The molecule has 3 N–H and O–H groups in total. The van der Waals surface area contributed by atoms with E-state index < -0.39 is 12.1 Å². The third-order valence-electron chi connectivity index (χ3n) is 15.2. The van der Waals surface area contributed by atoms with Gasteiger partial charge in [0.2, 0.25) is 5.91 Å². The van der Waals surface area contributed by atoms with E-state index in [0.29, 0.717) is 25.9 Å². The van der Waals surface area contributed by atoms with Gasteiger partial charge in [0.25, 0.3) is 0 Å². The number of esters is 1. The zero-order valence-corrected chi connectivity index (χ0v) is 49.1. The molecule has 2 atom stereocenters. The molecule has 0 aliphatic carbocycles. The summed E-state index contributed by atoms with van der Waals surface area (Å²) in [4.78, 5) is 24.5. The monoisotopic (exact) mass is 1030 g/mol. The van der Waals surface area contributed by atoms with E-state index in [-0.39, 0.29) is 18.5 Å². The van der Waals surface area contributed by atoms with E-state index in [4.69, 9.17) is 4.74 Å². The zero-order valence-electron chi connectivity index (χ0n) is 49.1. The average molecular weight is 1030 g/mol. The molecule has 0 aliphatic heterocycles. The topological polar surface area (TPSA) is 95.9 Å². The molecule has 0 heterocycles. The number of aliphatic hydroxyl groups is 2. The van der Waals surface area contributed by atoms with Crippen LogP contribution < -0.4 is 5.32 Å². The summed E-state index contributed by atoms with van der Waals surface area (Å²) < 4.78 is 5.48. The van der Waals surface area contributed by atoms with Crippen molar-refractivity contribution >= 4 is 11.9 Å². The molecule has 0 saturated carbocycles. The summed E-state index contributed by atoms with van der Waals surface area (Å²) in [5, 5.41) is 23.2. The number of ether oxygens (including phenoxy) is 1. The van der Waals surface area contributed by atoms with Crippen molar-refractivity contribution in [1.29, 1.82) is 0 Å². The van der Waals surface area contributed by atoms with E-state index in [1.54, 1.807) is 0 Å². The number of unbranched alkanes of at least 4 members (excludes halogenated alkanes) is 44. The smallest absolute Gasteiger partial charge is 0.305 e. The van der Waals surface area contributed by atoms with Crippen molar-refractivity contribution in [1.82, 2.24) is 5.32 Å². The molecule has 0 fully saturated rings. The first-order valence-corrected chi connectivity index (χ1v) is 32.7. The van der Waals surface area contributed by atoms with Crippen LogP contribution in [-0.2, 0) is 14.3 Å². The number of rotatable bonds is 61. The molecule has 0 aromatic rings. The van der Waals surface area contributed by atoms with Crippen molar-refractivity contribution in [2.45, 2.75) is 366 Å². The molecule has 0 bridgehead atoms. The molecule has 73 heavy (non-hydrogen) atoms. The Morgan fingerprint density at radius 1 is 0.384 bits per heavy atom. The van der Waals surface area contributed by atoms with Gasteiger partial charge in [-0.15, -0.1) is 0 Å². The zero-order chi connectivity index (χ0) is 52.9. The van der Waals surface area contributed by atoms with Gasteiger partial charge in [0.15, 0.2) is 0 Å². The van der Waals surface area contributed by atoms with Crippen LogP contribution in [0.4, 0.5) is 0 Å². The molecule has 1 amide bonds. The number of carbonyl (C=O) groups is 2. The number of hydrogen-bond donors (Lipinski definition) is 3. The van der Waals surface area contributed by atoms with Crippen LogP contribution in [0.25, 0.3) is 0 Å². The highest BCUT2D eigenvalue weighted by atomic mass is 16.5. The van der Waals surface area contributed by atoms with E-state index >= 15 is 0 Å². The number of hydrogen-bond acceptors (Lipinski definition) is 5. The summed E-state index contributed by atoms with van der Waals surface area (Å²) >= 11 is 0. The molecule has 0 spiro atoms. The highest BCUT2D eigenvalue weighted by molar-refractivity contribution is 5.76. The van der Waals surface area contributed by atoms with Gasteiger partial charge < -0.3 is 20.3 Å². The Morgan fingerprint density at radius 2 is 0.685 bits per heavy atom. The maximum Gasteiger partial charge on any atom is 0.305 e. The Bertz CT molecular complexity index is 1180. The van der Waals surface area contributed by atoms with Crippen LogP contribution in [0.1, 0.15) is 354 Å². The van der Waals surface area contributed by atoms with Gasteiger partial charge in [0, 0.05) is 12.8 Å². The fourth-order valence-electron chi connectivity index (χ4n) is 10.1. The molecule has 0 aliphatic rings. The molecule has 0 radical (unpaired) electrons. The Hall–Kier alpha value is -1.92. The quantitative estimate of drug-likeness (QED) is 0.0320. The molecule has 0 rings (SSSR count). The first-order valence-electron chi connectivity index (χ1n) is 32.7. The van der Waals surface area contributed by atoms with Crippen LogP contribution in [0.3, 0.4) is 0 Å². The maximum absolute atomic E-state index is 12.4. The normalized spacial score (nSPS) is 12.8. The SMILES string of the molecule is CCCCCCCC/C=C\CCCCCCCC(=O)OCCCCCCCCCCC/C=C\C/C=C\CCCCCCCCCCCCCCCCCC(=O)NC(CO)C(O)CCCCCCCCCCCC. The molecule has 2 unspecified atom stereocenters. The van der Waals surface area contributed by atoms with E-state index in [1.165, 1.54) is 270 Å². The van der Waals surface area contributed by atoms with Crippen molar-refractivity contribution < 1.29 is 24.5 Å². The lowest BCUT2D eigenvalue weighted by molar-refractivity contribution is -0.143. The van der Waals surface area contributed by atoms with Crippen molar-refractivity contribution in [2.75, 3.05) is 13.2 Å². The van der Waals surface area contributed by atoms with E-state index in [2.05, 4.69) is 55.6 Å². The first kappa shape index (κ1) is 71.1. The molecular formula is C67H127NO5. The second-order valence-electron chi connectivity index (χ2n) is 22.4. The standard InChI is InChI=1S/C67H127NO5/c1-3-5-7-9-11-13-15-16-34-38-41-45-49-53-57-61-67(72)73-62-58-54-50-46-42-39-36-33-31-29-27-25-23-21-19-17-18-20-22-24-26-28-30-32-35-37-40-44-48-52-56-60-66(71)68-64(63-69)65(70)59-55-51-47-43-14-12-10-8-6-4-2/h16,19,21,25,27,34,64-65,69-70H,3-15,17-18,20,22-24,26,28-33,35-63H2,1-2H3,(H,68,71)/b21-19-,27-25-,34-16-. The van der Waals surface area contributed by atoms with Crippen LogP contribution in [-0.4, -0.2) is 47.4 Å². The van der Waals surface area contributed by atoms with E-state index in [0.717, 1.165) is 51.4 Å². The highest BCUT2D eigenvalue weighted by Crippen LogP contribution is 2.17. The van der Waals surface area contributed by atoms with Gasteiger partial charge in [0.1, 0.15) is 0 Å². The van der Waals surface area contributed by atoms with Gasteiger partial charge in [-0.2, -0.15) is 0 Å². The minimum atomic E-state index is -0.662. The van der Waals surface area contributed by atoms with Crippen LogP contribution >= 0.6 is 0 Å². The lowest BCUT2D eigenvalue weighted by Gasteiger charge is -2.22. The average Bonchev–Trinajstić information content (AvgIpc) is 3.39. The largest absolute Gasteiger partial charge is 0.466 e. The lowest BCUT2D eigenvalue weighted by atomic mass is 10.0. The summed E-state index contributed by atoms with van der Waals surface area (Å²) in [6, 6.07) is -0.539. The maximum atomic E-state index is 12.4. The minimum Gasteiger partial charge on any atom is -0.466 e. The Kier molecular flexibility index (Phi) is 61.0. The summed E-state index contributed by atoms with van der Waals surface area (Å²) in [5.74, 6) is -0.0298. The lowest BCUT2D eigenvalue weighted by Crippen LogP contribution is -2.45.